The second-order valence-electron chi connectivity index (χ2n) is 5.38. The van der Waals surface area contributed by atoms with Crippen LogP contribution in [0.4, 0.5) is 24.8 Å². The highest BCUT2D eigenvalue weighted by atomic mass is 19.4. The van der Waals surface area contributed by atoms with Crippen LogP contribution in [0.25, 0.3) is 0 Å². The Morgan fingerprint density at radius 3 is 2.55 bits per heavy atom. The number of nitrogens with one attached hydrogen (secondary N) is 1. The highest BCUT2D eigenvalue weighted by Gasteiger charge is 2.31. The number of aromatic nitrogens is 1. The lowest BCUT2D eigenvalue weighted by atomic mass is 9.87. The van der Waals surface area contributed by atoms with Crippen LogP contribution in [0.5, 0.6) is 0 Å². The Kier molecular flexibility index (Phi) is 4.73. The molecule has 1 heterocycles. The molecule has 0 saturated heterocycles. The van der Waals surface area contributed by atoms with Crippen molar-refractivity contribution in [2.45, 2.75) is 44.7 Å². The van der Waals surface area contributed by atoms with Gasteiger partial charge in [-0.05, 0) is 24.5 Å². The van der Waals surface area contributed by atoms with Crippen molar-refractivity contribution in [3.05, 3.63) is 17.7 Å². The molecule has 0 aromatic carbocycles. The largest absolute Gasteiger partial charge is 0.416 e. The molecule has 1 saturated carbocycles. The van der Waals surface area contributed by atoms with E-state index in [0.29, 0.717) is 12.5 Å². The van der Waals surface area contributed by atoms with Gasteiger partial charge in [0.15, 0.2) is 0 Å². The van der Waals surface area contributed by atoms with Gasteiger partial charge in [-0.3, -0.25) is 0 Å². The summed E-state index contributed by atoms with van der Waals surface area (Å²) in [6.45, 7) is 0.637. The van der Waals surface area contributed by atoms with E-state index in [1.165, 1.54) is 32.1 Å². The Bertz CT molecular complexity index is 440. The second-order valence-corrected chi connectivity index (χ2v) is 5.38. The van der Waals surface area contributed by atoms with Gasteiger partial charge in [0.2, 0.25) is 0 Å². The number of pyridine rings is 1. The van der Waals surface area contributed by atoms with Crippen LogP contribution in [0, 0.1) is 5.92 Å². The predicted molar refractivity (Wildman–Crippen MR) is 73.3 cm³/mol. The first-order valence-electron chi connectivity index (χ1n) is 7.04. The van der Waals surface area contributed by atoms with Gasteiger partial charge in [0, 0.05) is 6.54 Å². The monoisotopic (exact) mass is 287 g/mol. The van der Waals surface area contributed by atoms with Gasteiger partial charge in [-0.2, -0.15) is 13.2 Å². The van der Waals surface area contributed by atoms with Crippen LogP contribution in [0.2, 0.25) is 0 Å². The summed E-state index contributed by atoms with van der Waals surface area (Å²) in [6.07, 6.45) is 2.85. The maximum Gasteiger partial charge on any atom is 0.416 e. The summed E-state index contributed by atoms with van der Waals surface area (Å²) in [4.78, 5) is 3.90. The molecule has 0 aliphatic heterocycles. The fourth-order valence-corrected chi connectivity index (χ4v) is 2.69. The van der Waals surface area contributed by atoms with Crippen LogP contribution >= 0.6 is 0 Å². The van der Waals surface area contributed by atoms with E-state index >= 15 is 0 Å². The Labute approximate surface area is 116 Å². The van der Waals surface area contributed by atoms with Crippen molar-refractivity contribution in [2.75, 3.05) is 17.6 Å². The zero-order chi connectivity index (χ0) is 14.6. The molecule has 0 bridgehead atoms. The van der Waals surface area contributed by atoms with E-state index in [9.17, 15) is 13.2 Å². The number of nitrogen functional groups attached to an aromatic ring is 1. The highest BCUT2D eigenvalue weighted by molar-refractivity contribution is 5.47. The van der Waals surface area contributed by atoms with Gasteiger partial charge in [-0.15, -0.1) is 0 Å². The molecule has 1 aliphatic carbocycles. The molecule has 0 spiro atoms. The molecule has 0 amide bonds. The summed E-state index contributed by atoms with van der Waals surface area (Å²) in [7, 11) is 0. The van der Waals surface area contributed by atoms with Crippen LogP contribution in [0.1, 0.15) is 44.1 Å². The van der Waals surface area contributed by atoms with Gasteiger partial charge < -0.3 is 11.1 Å². The number of nitrogens with zero attached hydrogens (tertiary/aromatic N) is 1. The van der Waals surface area contributed by atoms with Gasteiger partial charge >= 0.3 is 6.18 Å². The summed E-state index contributed by atoms with van der Waals surface area (Å²) in [6, 6.07) is 1.86. The SMILES string of the molecule is Nc1cc(C(F)(F)F)cc(NCCC2CCCCC2)n1. The number of hydrogen-bond acceptors (Lipinski definition) is 3. The van der Waals surface area contributed by atoms with E-state index in [2.05, 4.69) is 10.3 Å². The fraction of sp³-hybridized carbons (Fsp3) is 0.643. The van der Waals surface area contributed by atoms with E-state index in [-0.39, 0.29) is 11.6 Å². The normalized spacial score (nSPS) is 17.1. The minimum Gasteiger partial charge on any atom is -0.384 e. The zero-order valence-corrected chi connectivity index (χ0v) is 11.3. The molecular weight excluding hydrogens is 267 g/mol. The maximum atomic E-state index is 12.6. The summed E-state index contributed by atoms with van der Waals surface area (Å²) in [5.74, 6) is 0.771. The summed E-state index contributed by atoms with van der Waals surface area (Å²) in [5.41, 5.74) is 4.66. The number of anilines is 2. The van der Waals surface area contributed by atoms with Crippen LogP contribution in [-0.2, 0) is 6.18 Å². The fourth-order valence-electron chi connectivity index (χ4n) is 2.69. The number of nitrogens with two attached hydrogens (primary N) is 1. The summed E-state index contributed by atoms with van der Waals surface area (Å²) in [5, 5.41) is 2.95. The van der Waals surface area contributed by atoms with Gasteiger partial charge in [0.1, 0.15) is 11.6 Å². The Hall–Kier alpha value is -1.46. The molecule has 1 fully saturated rings. The smallest absolute Gasteiger partial charge is 0.384 e. The third-order valence-electron chi connectivity index (χ3n) is 3.76. The minimum absolute atomic E-state index is 0.111. The molecule has 3 N–H and O–H groups in total. The van der Waals surface area contributed by atoms with E-state index in [1.807, 2.05) is 0 Å². The minimum atomic E-state index is -4.39. The van der Waals surface area contributed by atoms with Crippen molar-refractivity contribution in [3.63, 3.8) is 0 Å². The highest BCUT2D eigenvalue weighted by Crippen LogP contribution is 2.31. The van der Waals surface area contributed by atoms with Gasteiger partial charge in [-0.1, -0.05) is 32.1 Å². The molecule has 0 atom stereocenters. The van der Waals surface area contributed by atoms with Crippen LogP contribution in [0.15, 0.2) is 12.1 Å². The molecule has 2 rings (SSSR count). The van der Waals surface area contributed by atoms with Crippen molar-refractivity contribution < 1.29 is 13.2 Å². The summed E-state index contributed by atoms with van der Waals surface area (Å²) >= 11 is 0. The van der Waals surface area contributed by atoms with Crippen LogP contribution in [0.3, 0.4) is 0 Å². The summed E-state index contributed by atoms with van der Waals surface area (Å²) < 4.78 is 37.9. The Morgan fingerprint density at radius 2 is 1.90 bits per heavy atom. The first kappa shape index (κ1) is 14.9. The molecule has 3 nitrogen and oxygen atoms in total. The van der Waals surface area contributed by atoms with Crippen molar-refractivity contribution in [1.29, 1.82) is 0 Å². The van der Waals surface area contributed by atoms with E-state index < -0.39 is 11.7 Å². The van der Waals surface area contributed by atoms with E-state index in [4.69, 9.17) is 5.73 Å². The molecular formula is C14H20F3N3. The lowest BCUT2D eigenvalue weighted by molar-refractivity contribution is -0.137. The number of halogens is 3. The maximum absolute atomic E-state index is 12.6. The van der Waals surface area contributed by atoms with Gasteiger partial charge in [0.25, 0.3) is 0 Å². The number of rotatable bonds is 4. The quantitative estimate of drug-likeness (QED) is 0.877. The Morgan fingerprint density at radius 1 is 1.20 bits per heavy atom. The topological polar surface area (TPSA) is 50.9 Å². The molecule has 1 aromatic heterocycles. The van der Waals surface area contributed by atoms with Crippen LogP contribution < -0.4 is 11.1 Å². The van der Waals surface area contributed by atoms with Crippen molar-refractivity contribution >= 4 is 11.6 Å². The molecule has 20 heavy (non-hydrogen) atoms. The molecule has 1 aliphatic rings. The molecule has 6 heteroatoms. The third kappa shape index (κ3) is 4.28. The lowest BCUT2D eigenvalue weighted by Gasteiger charge is -2.21. The number of hydrogen-bond donors (Lipinski definition) is 2. The van der Waals surface area contributed by atoms with Gasteiger partial charge in [-0.25, -0.2) is 4.98 Å². The zero-order valence-electron chi connectivity index (χ0n) is 11.3. The van der Waals surface area contributed by atoms with Crippen molar-refractivity contribution in [2.24, 2.45) is 5.92 Å². The van der Waals surface area contributed by atoms with E-state index in [1.54, 1.807) is 0 Å². The van der Waals surface area contributed by atoms with Crippen molar-refractivity contribution in [1.82, 2.24) is 4.98 Å². The molecule has 0 unspecified atom stereocenters. The predicted octanol–water partition coefficient (Wildman–Crippen LogP) is 4.06. The Balaban J connectivity index is 1.90. The first-order valence-corrected chi connectivity index (χ1v) is 7.04. The standard InChI is InChI=1S/C14H20F3N3/c15-14(16,17)11-8-12(18)20-13(9-11)19-7-6-10-4-2-1-3-5-10/h8-10H,1-7H2,(H3,18,19,20). The average molecular weight is 287 g/mol. The molecule has 0 radical (unpaired) electrons. The third-order valence-corrected chi connectivity index (χ3v) is 3.76. The lowest BCUT2D eigenvalue weighted by Crippen LogP contribution is -2.14. The molecule has 1 aromatic rings. The van der Waals surface area contributed by atoms with E-state index in [0.717, 1.165) is 18.6 Å². The van der Waals surface area contributed by atoms with Gasteiger partial charge in [0.05, 0.1) is 5.56 Å². The van der Waals surface area contributed by atoms with Crippen molar-refractivity contribution in [3.8, 4) is 0 Å². The molecule has 112 valence electrons. The second kappa shape index (κ2) is 6.33. The van der Waals surface area contributed by atoms with Crippen LogP contribution in [-0.4, -0.2) is 11.5 Å². The first-order chi connectivity index (χ1) is 9.45. The number of alkyl halides is 3. The average Bonchev–Trinajstić information content (AvgIpc) is 2.38.